The molecule has 0 heterocycles. The third kappa shape index (κ3) is 3.49. The lowest BCUT2D eigenvalue weighted by atomic mass is 10.3. The number of ether oxygens (including phenoxy) is 1. The van der Waals surface area contributed by atoms with Gasteiger partial charge in [0.2, 0.25) is 0 Å². The van der Waals surface area contributed by atoms with Crippen molar-refractivity contribution in [2.75, 3.05) is 12.4 Å². The Morgan fingerprint density at radius 1 is 1.53 bits per heavy atom. The highest BCUT2D eigenvalue weighted by Crippen LogP contribution is 2.18. The monoisotopic (exact) mass is 231 g/mol. The summed E-state index contributed by atoms with van der Waals surface area (Å²) in [5, 5.41) is 2.72. The summed E-state index contributed by atoms with van der Waals surface area (Å²) < 4.78 is 17.7. The first-order valence-corrected chi connectivity index (χ1v) is 4.70. The van der Waals surface area contributed by atoms with Crippen LogP contribution >= 0.6 is 11.6 Å². The van der Waals surface area contributed by atoms with E-state index in [0.29, 0.717) is 5.69 Å². The molecule has 0 aliphatic heterocycles. The summed E-state index contributed by atoms with van der Waals surface area (Å²) in [7, 11) is 1.42. The molecule has 1 N–H and O–H groups in total. The summed E-state index contributed by atoms with van der Waals surface area (Å²) in [6.07, 6.45) is -0.591. The number of hydrogen-bond donors (Lipinski definition) is 1. The van der Waals surface area contributed by atoms with Crippen LogP contribution in [0.5, 0.6) is 0 Å². The van der Waals surface area contributed by atoms with Gasteiger partial charge in [0.15, 0.2) is 0 Å². The van der Waals surface area contributed by atoms with Crippen molar-refractivity contribution in [3.63, 3.8) is 0 Å². The smallest absolute Gasteiger partial charge is 0.253 e. The van der Waals surface area contributed by atoms with Crippen molar-refractivity contribution in [2.45, 2.75) is 13.0 Å². The van der Waals surface area contributed by atoms with Gasteiger partial charge in [0.05, 0.1) is 0 Å². The molecule has 82 valence electrons. The van der Waals surface area contributed by atoms with Crippen molar-refractivity contribution >= 4 is 23.2 Å². The molecule has 3 nitrogen and oxygen atoms in total. The Labute approximate surface area is 92.2 Å². The number of rotatable bonds is 3. The number of nitrogens with one attached hydrogen (secondary N) is 1. The van der Waals surface area contributed by atoms with E-state index < -0.39 is 11.9 Å². The Kier molecular flexibility index (Phi) is 4.05. The van der Waals surface area contributed by atoms with Crippen LogP contribution in [0.15, 0.2) is 18.2 Å². The van der Waals surface area contributed by atoms with E-state index in [4.69, 9.17) is 16.3 Å². The standard InChI is InChI=1S/C10H11ClFNO2/c1-6(15-2)10(14)13-9-4-7(11)3-8(12)5-9/h3-6H,1-2H3,(H,13,14). The molecule has 1 aromatic rings. The lowest BCUT2D eigenvalue weighted by molar-refractivity contribution is -0.124. The number of halogens is 2. The molecule has 0 aliphatic carbocycles. The van der Waals surface area contributed by atoms with Crippen LogP contribution in [0.3, 0.4) is 0 Å². The summed E-state index contributed by atoms with van der Waals surface area (Å²) in [6, 6.07) is 3.81. The zero-order chi connectivity index (χ0) is 11.4. The summed E-state index contributed by atoms with van der Waals surface area (Å²) >= 11 is 5.62. The van der Waals surface area contributed by atoms with Gasteiger partial charge < -0.3 is 10.1 Å². The van der Waals surface area contributed by atoms with E-state index in [1.807, 2.05) is 0 Å². The molecule has 0 fully saturated rings. The summed E-state index contributed by atoms with van der Waals surface area (Å²) in [6.45, 7) is 1.59. The average Bonchev–Trinajstić information content (AvgIpc) is 2.14. The van der Waals surface area contributed by atoms with Gasteiger partial charge in [0.25, 0.3) is 5.91 Å². The predicted octanol–water partition coefficient (Wildman–Crippen LogP) is 2.45. The van der Waals surface area contributed by atoms with E-state index in [1.165, 1.54) is 19.2 Å². The predicted molar refractivity (Wildman–Crippen MR) is 56.5 cm³/mol. The molecule has 0 aliphatic rings. The Hall–Kier alpha value is -1.13. The van der Waals surface area contributed by atoms with E-state index in [1.54, 1.807) is 6.92 Å². The Morgan fingerprint density at radius 3 is 2.73 bits per heavy atom. The fraction of sp³-hybridized carbons (Fsp3) is 0.300. The molecule has 1 unspecified atom stereocenters. The minimum atomic E-state index is -0.591. The number of benzene rings is 1. The van der Waals surface area contributed by atoms with Crippen LogP contribution < -0.4 is 5.32 Å². The zero-order valence-corrected chi connectivity index (χ0v) is 9.14. The minimum Gasteiger partial charge on any atom is -0.372 e. The second-order valence-electron chi connectivity index (χ2n) is 3.03. The maximum atomic E-state index is 12.9. The normalized spacial score (nSPS) is 12.3. The number of methoxy groups -OCH3 is 1. The Morgan fingerprint density at radius 2 is 2.20 bits per heavy atom. The molecule has 0 bridgehead atoms. The number of amides is 1. The van der Waals surface area contributed by atoms with Gasteiger partial charge in [0, 0.05) is 17.8 Å². The fourth-order valence-corrected chi connectivity index (χ4v) is 1.20. The number of anilines is 1. The van der Waals surface area contributed by atoms with Crippen LogP contribution in [0.2, 0.25) is 5.02 Å². The highest BCUT2D eigenvalue weighted by molar-refractivity contribution is 6.30. The SMILES string of the molecule is COC(C)C(=O)Nc1cc(F)cc(Cl)c1. The third-order valence-corrected chi connectivity index (χ3v) is 2.07. The van der Waals surface area contributed by atoms with Crippen molar-refractivity contribution < 1.29 is 13.9 Å². The molecule has 0 saturated heterocycles. The molecular weight excluding hydrogens is 221 g/mol. The van der Waals surface area contributed by atoms with E-state index in [0.717, 1.165) is 6.07 Å². The van der Waals surface area contributed by atoms with Crippen molar-refractivity contribution in [3.8, 4) is 0 Å². The van der Waals surface area contributed by atoms with Crippen molar-refractivity contribution in [3.05, 3.63) is 29.0 Å². The molecule has 1 aromatic carbocycles. The quantitative estimate of drug-likeness (QED) is 0.868. The number of carbonyl (C=O) groups is 1. The van der Waals surface area contributed by atoms with Gasteiger partial charge in [-0.3, -0.25) is 4.79 Å². The molecular formula is C10H11ClFNO2. The molecule has 15 heavy (non-hydrogen) atoms. The molecule has 0 saturated carbocycles. The Balaban J connectivity index is 2.76. The molecule has 1 atom stereocenters. The van der Waals surface area contributed by atoms with Gasteiger partial charge in [0.1, 0.15) is 11.9 Å². The first-order valence-electron chi connectivity index (χ1n) is 4.32. The number of hydrogen-bond acceptors (Lipinski definition) is 2. The van der Waals surface area contributed by atoms with E-state index in [2.05, 4.69) is 5.32 Å². The molecule has 0 spiro atoms. The summed E-state index contributed by atoms with van der Waals surface area (Å²) in [5.41, 5.74) is 0.314. The summed E-state index contributed by atoms with van der Waals surface area (Å²) in [4.78, 5) is 11.4. The van der Waals surface area contributed by atoms with Gasteiger partial charge in [-0.15, -0.1) is 0 Å². The van der Waals surface area contributed by atoms with Crippen molar-refractivity contribution in [2.24, 2.45) is 0 Å². The lowest BCUT2D eigenvalue weighted by Gasteiger charge is -2.10. The van der Waals surface area contributed by atoms with E-state index in [-0.39, 0.29) is 10.9 Å². The summed E-state index contributed by atoms with van der Waals surface area (Å²) in [5.74, 6) is -0.845. The molecule has 5 heteroatoms. The second kappa shape index (κ2) is 5.09. The topological polar surface area (TPSA) is 38.3 Å². The first-order chi connectivity index (χ1) is 7.02. The molecule has 0 radical (unpaired) electrons. The molecule has 1 rings (SSSR count). The largest absolute Gasteiger partial charge is 0.372 e. The van der Waals surface area contributed by atoms with Crippen LogP contribution in [0, 0.1) is 5.82 Å². The third-order valence-electron chi connectivity index (χ3n) is 1.85. The first kappa shape index (κ1) is 11.9. The molecule has 0 aromatic heterocycles. The fourth-order valence-electron chi connectivity index (χ4n) is 0.977. The van der Waals surface area contributed by atoms with Gasteiger partial charge in [-0.25, -0.2) is 4.39 Å². The Bertz CT molecular complexity index is 350. The van der Waals surface area contributed by atoms with Gasteiger partial charge >= 0.3 is 0 Å². The van der Waals surface area contributed by atoms with Crippen LogP contribution in [-0.2, 0) is 9.53 Å². The zero-order valence-electron chi connectivity index (χ0n) is 8.38. The number of carbonyl (C=O) groups excluding carboxylic acids is 1. The van der Waals surface area contributed by atoms with Crippen LogP contribution in [0.1, 0.15) is 6.92 Å². The van der Waals surface area contributed by atoms with Gasteiger partial charge in [-0.2, -0.15) is 0 Å². The lowest BCUT2D eigenvalue weighted by Crippen LogP contribution is -2.26. The van der Waals surface area contributed by atoms with Crippen LogP contribution in [-0.4, -0.2) is 19.1 Å². The van der Waals surface area contributed by atoms with Crippen molar-refractivity contribution in [1.82, 2.24) is 0 Å². The van der Waals surface area contributed by atoms with E-state index in [9.17, 15) is 9.18 Å². The molecule has 1 amide bonds. The van der Waals surface area contributed by atoms with Gasteiger partial charge in [-0.05, 0) is 25.1 Å². The van der Waals surface area contributed by atoms with Gasteiger partial charge in [-0.1, -0.05) is 11.6 Å². The maximum Gasteiger partial charge on any atom is 0.253 e. The average molecular weight is 232 g/mol. The highest BCUT2D eigenvalue weighted by atomic mass is 35.5. The van der Waals surface area contributed by atoms with E-state index >= 15 is 0 Å². The highest BCUT2D eigenvalue weighted by Gasteiger charge is 2.12. The second-order valence-corrected chi connectivity index (χ2v) is 3.46. The van der Waals surface area contributed by atoms with Crippen LogP contribution in [0.25, 0.3) is 0 Å². The van der Waals surface area contributed by atoms with Crippen LogP contribution in [0.4, 0.5) is 10.1 Å². The minimum absolute atomic E-state index is 0.232. The van der Waals surface area contributed by atoms with Crippen molar-refractivity contribution in [1.29, 1.82) is 0 Å². The maximum absolute atomic E-state index is 12.9.